The molecule has 0 unspecified atom stereocenters. The summed E-state index contributed by atoms with van der Waals surface area (Å²) in [5, 5.41) is 4.72. The van der Waals surface area contributed by atoms with Gasteiger partial charge in [0.05, 0.1) is 66.9 Å². The van der Waals surface area contributed by atoms with Crippen LogP contribution in [0.2, 0.25) is 0 Å². The molecule has 4 aromatic heterocycles. The number of hydrogen-bond acceptors (Lipinski definition) is 0. The molecule has 10 heteroatoms. The zero-order valence-corrected chi connectivity index (χ0v) is 34.5. The summed E-state index contributed by atoms with van der Waals surface area (Å²) in [5.74, 6) is 0. The van der Waals surface area contributed by atoms with Gasteiger partial charge in [0.1, 0.15) is 11.1 Å². The summed E-state index contributed by atoms with van der Waals surface area (Å²) in [7, 11) is 0. The predicted octanol–water partition coefficient (Wildman–Crippen LogP) is 16.1. The van der Waals surface area contributed by atoms with Crippen LogP contribution >= 0.6 is 0 Å². The first-order chi connectivity index (χ1) is 32.1. The second-order valence-electron chi connectivity index (χ2n) is 16.6. The molecule has 0 radical (unpaired) electrons. The number of fused-ring (bicyclic) bond motifs is 12. The average molecular weight is 875 g/mol. The van der Waals surface area contributed by atoms with Gasteiger partial charge < -0.3 is 18.3 Å². The molecule has 4 heterocycles. The van der Waals surface area contributed by atoms with E-state index in [9.17, 15) is 0 Å². The quantitative estimate of drug-likeness (QED) is 0.157. The van der Waals surface area contributed by atoms with Gasteiger partial charge in [-0.05, 0) is 48.5 Å². The number of alkyl halides is 6. The fraction of sp³-hybridized carbons (Fsp3) is 0.0357. The number of halogens is 6. The molecule has 4 nitrogen and oxygen atoms in total. The largest absolute Gasteiger partial charge is 0.420 e. The summed E-state index contributed by atoms with van der Waals surface area (Å²) in [4.78, 5) is 0. The topological polar surface area (TPSA) is 19.7 Å². The lowest BCUT2D eigenvalue weighted by Gasteiger charge is -2.32. The van der Waals surface area contributed by atoms with Gasteiger partial charge >= 0.3 is 12.4 Å². The molecule has 0 bridgehead atoms. The van der Waals surface area contributed by atoms with Crippen molar-refractivity contribution in [1.82, 2.24) is 18.3 Å². The third-order valence-electron chi connectivity index (χ3n) is 13.2. The Morgan fingerprint density at radius 3 is 0.485 bits per heavy atom. The average Bonchev–Trinajstić information content (AvgIpc) is 4.05. The van der Waals surface area contributed by atoms with E-state index in [1.807, 2.05) is 0 Å². The van der Waals surface area contributed by atoms with Gasteiger partial charge in [0.2, 0.25) is 0 Å². The Morgan fingerprint density at radius 1 is 0.212 bits per heavy atom. The standard InChI is InChI=1S/C56H32F6N4/c57-55(58,59)49-51(63-41-25-9-1-17-33(41)34-18-2-10-26-42(34)63)52(64-43-27-11-3-19-35(43)36-20-4-12-28-44(36)64)50(56(60,61)62)54(66-47-31-15-7-23-39(47)40-24-8-16-32-48(40)66)53(49)65-45-29-13-5-21-37(45)38-22-6-14-30-46(38)65/h1-32H. The summed E-state index contributed by atoms with van der Waals surface area (Å²) in [6, 6.07) is 55.7. The zero-order valence-electron chi connectivity index (χ0n) is 34.5. The van der Waals surface area contributed by atoms with Crippen LogP contribution in [0.4, 0.5) is 26.3 Å². The maximum atomic E-state index is 17.7. The van der Waals surface area contributed by atoms with E-state index >= 15 is 26.3 Å². The van der Waals surface area contributed by atoms with Crippen molar-refractivity contribution in [3.05, 3.63) is 205 Å². The van der Waals surface area contributed by atoms with Gasteiger partial charge in [-0.3, -0.25) is 0 Å². The molecule has 0 saturated heterocycles. The summed E-state index contributed by atoms with van der Waals surface area (Å²) < 4.78 is 112. The van der Waals surface area contributed by atoms with Gasteiger partial charge in [-0.25, -0.2) is 0 Å². The number of benzene rings is 9. The Labute approximate surface area is 371 Å². The lowest BCUT2D eigenvalue weighted by molar-refractivity contribution is -0.141. The second kappa shape index (κ2) is 13.6. The Hall–Kier alpha value is -8.24. The van der Waals surface area contributed by atoms with Crippen LogP contribution in [-0.4, -0.2) is 18.3 Å². The second-order valence-corrected chi connectivity index (χ2v) is 16.6. The molecular weight excluding hydrogens is 843 g/mol. The van der Waals surface area contributed by atoms with E-state index in [2.05, 4.69) is 0 Å². The number of aromatic nitrogens is 4. The molecule has 0 aliphatic heterocycles. The van der Waals surface area contributed by atoms with Crippen molar-refractivity contribution < 1.29 is 26.3 Å². The molecule has 0 spiro atoms. The van der Waals surface area contributed by atoms with Crippen molar-refractivity contribution >= 4 is 87.2 Å². The van der Waals surface area contributed by atoms with Crippen LogP contribution in [0, 0.1) is 0 Å². The Morgan fingerprint density at radius 2 is 0.348 bits per heavy atom. The highest BCUT2D eigenvalue weighted by atomic mass is 19.4. The Bertz CT molecular complexity index is 3420. The molecule has 66 heavy (non-hydrogen) atoms. The molecule has 0 aliphatic carbocycles. The number of hydrogen-bond donors (Lipinski definition) is 0. The SMILES string of the molecule is FC(F)(F)c1c(-n2c3ccccc3c3ccccc32)c(-n2c3ccccc3c3ccccc32)c(C(F)(F)F)c(-n2c3ccccc3c3ccccc32)c1-n1c2ccccc2c2ccccc21. The van der Waals surface area contributed by atoms with E-state index in [0.29, 0.717) is 87.2 Å². The van der Waals surface area contributed by atoms with Crippen molar-refractivity contribution in [3.63, 3.8) is 0 Å². The minimum Gasteiger partial charge on any atom is -0.306 e. The molecule has 13 rings (SSSR count). The van der Waals surface area contributed by atoms with Gasteiger partial charge in [-0.2, -0.15) is 26.3 Å². The third kappa shape index (κ3) is 5.17. The predicted molar refractivity (Wildman–Crippen MR) is 254 cm³/mol. The van der Waals surface area contributed by atoms with Crippen molar-refractivity contribution in [2.45, 2.75) is 12.4 Å². The minimum absolute atomic E-state index is 0.317. The van der Waals surface area contributed by atoms with Gasteiger partial charge in [-0.15, -0.1) is 0 Å². The first kappa shape index (κ1) is 38.2. The van der Waals surface area contributed by atoms with Crippen molar-refractivity contribution in [1.29, 1.82) is 0 Å². The molecule has 0 saturated carbocycles. The molecular formula is C56H32F6N4. The maximum Gasteiger partial charge on any atom is 0.420 e. The van der Waals surface area contributed by atoms with Crippen LogP contribution in [0.15, 0.2) is 194 Å². The minimum atomic E-state index is -5.28. The van der Waals surface area contributed by atoms with E-state index in [4.69, 9.17) is 0 Å². The third-order valence-corrected chi connectivity index (χ3v) is 13.2. The molecule has 0 fully saturated rings. The van der Waals surface area contributed by atoms with Crippen molar-refractivity contribution in [2.75, 3.05) is 0 Å². The summed E-state index contributed by atoms with van der Waals surface area (Å²) >= 11 is 0. The lowest BCUT2D eigenvalue weighted by Crippen LogP contribution is -2.26. The highest BCUT2D eigenvalue weighted by Crippen LogP contribution is 2.55. The van der Waals surface area contributed by atoms with Gasteiger partial charge in [-0.1, -0.05) is 146 Å². The summed E-state index contributed by atoms with van der Waals surface area (Å²) in [6.45, 7) is 0. The molecule has 13 aromatic rings. The summed E-state index contributed by atoms with van der Waals surface area (Å²) in [6.07, 6.45) is -10.6. The van der Waals surface area contributed by atoms with Gasteiger partial charge in [0.25, 0.3) is 0 Å². The van der Waals surface area contributed by atoms with E-state index in [1.165, 1.54) is 18.3 Å². The lowest BCUT2D eigenvalue weighted by atomic mass is 9.96. The van der Waals surface area contributed by atoms with Crippen LogP contribution in [0.5, 0.6) is 0 Å². The molecule has 0 amide bonds. The monoisotopic (exact) mass is 874 g/mol. The maximum absolute atomic E-state index is 17.7. The van der Waals surface area contributed by atoms with Crippen LogP contribution in [0.25, 0.3) is 110 Å². The number of rotatable bonds is 4. The van der Waals surface area contributed by atoms with E-state index in [0.717, 1.165) is 0 Å². The van der Waals surface area contributed by atoms with Crippen molar-refractivity contribution in [2.24, 2.45) is 0 Å². The molecule has 318 valence electrons. The zero-order chi connectivity index (χ0) is 44.6. The summed E-state index contributed by atoms with van der Waals surface area (Å²) in [5.41, 5.74) is -2.54. The highest BCUT2D eigenvalue weighted by molar-refractivity contribution is 6.15. The van der Waals surface area contributed by atoms with Gasteiger partial charge in [0.15, 0.2) is 0 Å². The number of nitrogens with zero attached hydrogens (tertiary/aromatic N) is 4. The molecule has 9 aromatic carbocycles. The van der Waals surface area contributed by atoms with Gasteiger partial charge in [0, 0.05) is 43.1 Å². The smallest absolute Gasteiger partial charge is 0.306 e. The molecule has 0 aliphatic rings. The molecule has 0 atom stereocenters. The van der Waals surface area contributed by atoms with Crippen LogP contribution in [0.1, 0.15) is 11.1 Å². The van der Waals surface area contributed by atoms with Crippen LogP contribution < -0.4 is 0 Å². The van der Waals surface area contributed by atoms with E-state index < -0.39 is 46.2 Å². The fourth-order valence-corrected chi connectivity index (χ4v) is 10.8. The first-order valence-electron chi connectivity index (χ1n) is 21.4. The fourth-order valence-electron chi connectivity index (χ4n) is 10.8. The Balaban J connectivity index is 1.44. The van der Waals surface area contributed by atoms with Crippen LogP contribution in [-0.2, 0) is 12.4 Å². The number of para-hydroxylation sites is 8. The first-order valence-corrected chi connectivity index (χ1v) is 21.4. The Kier molecular flexibility index (Phi) is 7.90. The highest BCUT2D eigenvalue weighted by Gasteiger charge is 2.49. The van der Waals surface area contributed by atoms with E-state index in [1.54, 1.807) is 194 Å². The molecule has 0 N–H and O–H groups in total. The van der Waals surface area contributed by atoms with Crippen LogP contribution in [0.3, 0.4) is 0 Å². The van der Waals surface area contributed by atoms with E-state index in [-0.39, 0.29) is 0 Å². The normalized spacial score (nSPS) is 12.7. The van der Waals surface area contributed by atoms with Crippen molar-refractivity contribution in [3.8, 4) is 22.7 Å².